The molecule has 0 bridgehead atoms. The Morgan fingerprint density at radius 3 is 2.64 bits per heavy atom. The summed E-state index contributed by atoms with van der Waals surface area (Å²) in [5, 5.41) is 0. The molecule has 2 saturated heterocycles. The van der Waals surface area contributed by atoms with Gasteiger partial charge in [-0.2, -0.15) is 0 Å². The number of nitrogens with two attached hydrogens (primary N) is 1. The van der Waals surface area contributed by atoms with Gasteiger partial charge in [-0.05, 0) is 50.0 Å². The van der Waals surface area contributed by atoms with E-state index in [9.17, 15) is 0 Å². The lowest BCUT2D eigenvalue weighted by Crippen LogP contribution is -2.45. The predicted molar refractivity (Wildman–Crippen MR) is 100.0 cm³/mol. The molecule has 2 atom stereocenters. The van der Waals surface area contributed by atoms with Crippen LogP contribution in [0.3, 0.4) is 0 Å². The molecule has 0 unspecified atom stereocenters. The van der Waals surface area contributed by atoms with Crippen LogP contribution in [0.4, 0.5) is 0 Å². The van der Waals surface area contributed by atoms with Crippen LogP contribution in [0.25, 0.3) is 0 Å². The molecule has 6 heteroatoms. The molecular formula is C19H30N4O2. The van der Waals surface area contributed by atoms with Crippen LogP contribution in [0.15, 0.2) is 29.3 Å². The van der Waals surface area contributed by atoms with Crippen LogP contribution in [0.1, 0.15) is 24.4 Å². The summed E-state index contributed by atoms with van der Waals surface area (Å²) in [4.78, 5) is 9.29. The number of hydrogen-bond donors (Lipinski definition) is 1. The van der Waals surface area contributed by atoms with Gasteiger partial charge in [-0.15, -0.1) is 0 Å². The number of rotatable bonds is 4. The van der Waals surface area contributed by atoms with E-state index in [1.165, 1.54) is 18.4 Å². The van der Waals surface area contributed by atoms with E-state index in [1.54, 1.807) is 7.11 Å². The summed E-state index contributed by atoms with van der Waals surface area (Å²) in [5.41, 5.74) is 7.54. The molecule has 2 N–H and O–H groups in total. The maximum atomic E-state index is 6.21. The molecule has 2 aliphatic heterocycles. The quantitative estimate of drug-likeness (QED) is 0.664. The van der Waals surface area contributed by atoms with Gasteiger partial charge in [-0.1, -0.05) is 12.1 Å². The third-order valence-corrected chi connectivity index (χ3v) is 5.29. The Morgan fingerprint density at radius 2 is 1.96 bits per heavy atom. The highest BCUT2D eigenvalue weighted by atomic mass is 16.5. The van der Waals surface area contributed by atoms with E-state index in [-0.39, 0.29) is 0 Å². The molecule has 3 rings (SSSR count). The van der Waals surface area contributed by atoms with E-state index >= 15 is 0 Å². The van der Waals surface area contributed by atoms with Crippen LogP contribution >= 0.6 is 0 Å². The first-order valence-electron chi connectivity index (χ1n) is 9.16. The zero-order valence-electron chi connectivity index (χ0n) is 15.4. The second kappa shape index (κ2) is 8.54. The van der Waals surface area contributed by atoms with Gasteiger partial charge in [0.1, 0.15) is 5.75 Å². The van der Waals surface area contributed by atoms with Crippen LogP contribution in [-0.2, 0) is 4.74 Å². The topological polar surface area (TPSA) is 63.3 Å². The number of piperidine rings is 1. The normalized spacial score (nSPS) is 25.8. The van der Waals surface area contributed by atoms with Crippen molar-refractivity contribution in [2.45, 2.75) is 18.9 Å². The van der Waals surface area contributed by atoms with Gasteiger partial charge in [0, 0.05) is 25.7 Å². The Balaban J connectivity index is 1.70. The highest BCUT2D eigenvalue weighted by molar-refractivity contribution is 5.78. The molecule has 0 saturated carbocycles. The van der Waals surface area contributed by atoms with E-state index in [4.69, 9.17) is 20.2 Å². The summed E-state index contributed by atoms with van der Waals surface area (Å²) in [6.07, 6.45) is 2.39. The van der Waals surface area contributed by atoms with Crippen molar-refractivity contribution in [3.05, 3.63) is 29.8 Å². The minimum absolute atomic E-state index is 0.376. The first-order valence-corrected chi connectivity index (χ1v) is 9.16. The Hall–Kier alpha value is -1.79. The number of benzene rings is 1. The predicted octanol–water partition coefficient (Wildman–Crippen LogP) is 1.72. The summed E-state index contributed by atoms with van der Waals surface area (Å²) in [6.45, 7) is 5.03. The maximum absolute atomic E-state index is 6.21. The van der Waals surface area contributed by atoms with Gasteiger partial charge < -0.3 is 20.1 Å². The third kappa shape index (κ3) is 4.44. The molecule has 0 aliphatic carbocycles. The van der Waals surface area contributed by atoms with Crippen LogP contribution in [0.5, 0.6) is 5.75 Å². The number of nitrogens with zero attached hydrogens (tertiary/aromatic N) is 3. The van der Waals surface area contributed by atoms with Crippen molar-refractivity contribution in [2.75, 3.05) is 53.6 Å². The minimum atomic E-state index is 0.376. The Morgan fingerprint density at radius 1 is 1.24 bits per heavy atom. The van der Waals surface area contributed by atoms with Crippen molar-refractivity contribution >= 4 is 5.96 Å². The Kier molecular flexibility index (Phi) is 6.15. The average molecular weight is 346 g/mol. The summed E-state index contributed by atoms with van der Waals surface area (Å²) >= 11 is 0. The lowest BCUT2D eigenvalue weighted by molar-refractivity contribution is 0.0671. The molecule has 2 heterocycles. The van der Waals surface area contributed by atoms with Gasteiger partial charge in [0.25, 0.3) is 0 Å². The third-order valence-electron chi connectivity index (χ3n) is 5.29. The van der Waals surface area contributed by atoms with Crippen molar-refractivity contribution in [1.29, 1.82) is 0 Å². The van der Waals surface area contributed by atoms with E-state index in [0.717, 1.165) is 45.1 Å². The fourth-order valence-electron chi connectivity index (χ4n) is 3.88. The van der Waals surface area contributed by atoms with Crippen molar-refractivity contribution < 1.29 is 9.47 Å². The number of hydrogen-bond acceptors (Lipinski definition) is 4. The summed E-state index contributed by atoms with van der Waals surface area (Å²) in [7, 11) is 3.91. The molecule has 2 fully saturated rings. The van der Waals surface area contributed by atoms with E-state index in [2.05, 4.69) is 29.0 Å². The van der Waals surface area contributed by atoms with Crippen molar-refractivity contribution in [2.24, 2.45) is 16.6 Å². The van der Waals surface area contributed by atoms with Gasteiger partial charge in [0.2, 0.25) is 0 Å². The maximum Gasteiger partial charge on any atom is 0.191 e. The molecule has 2 aliphatic rings. The Bertz CT molecular complexity index is 569. The molecular weight excluding hydrogens is 316 g/mol. The smallest absolute Gasteiger partial charge is 0.191 e. The number of ether oxygens (including phenoxy) is 2. The average Bonchev–Trinajstić information content (AvgIpc) is 2.67. The van der Waals surface area contributed by atoms with Crippen LogP contribution in [0.2, 0.25) is 0 Å². The van der Waals surface area contributed by atoms with E-state index in [0.29, 0.717) is 17.9 Å². The molecule has 0 amide bonds. The molecule has 0 spiro atoms. The fourth-order valence-corrected chi connectivity index (χ4v) is 3.88. The number of guanidine groups is 1. The zero-order valence-corrected chi connectivity index (χ0v) is 15.4. The van der Waals surface area contributed by atoms with E-state index in [1.807, 2.05) is 12.1 Å². The largest absolute Gasteiger partial charge is 0.497 e. The number of likely N-dealkylation sites (tertiary alicyclic amines) is 1. The lowest BCUT2D eigenvalue weighted by atomic mass is 9.85. The van der Waals surface area contributed by atoms with Gasteiger partial charge in [0.15, 0.2) is 5.96 Å². The first-order chi connectivity index (χ1) is 12.2. The SMILES string of the molecule is COc1ccc([C@H]2[C@H](CN=C(N)N3CCOCC3)CCCN2C)cc1. The highest BCUT2D eigenvalue weighted by Crippen LogP contribution is 2.35. The molecule has 0 radical (unpaired) electrons. The summed E-state index contributed by atoms with van der Waals surface area (Å²) in [6, 6.07) is 8.81. The van der Waals surface area contributed by atoms with Gasteiger partial charge >= 0.3 is 0 Å². The van der Waals surface area contributed by atoms with Crippen LogP contribution in [-0.4, -0.2) is 69.3 Å². The zero-order chi connectivity index (χ0) is 17.6. The Labute approximate surface area is 150 Å². The molecule has 25 heavy (non-hydrogen) atoms. The fraction of sp³-hybridized carbons (Fsp3) is 0.632. The molecule has 0 aromatic heterocycles. The minimum Gasteiger partial charge on any atom is -0.497 e. The van der Waals surface area contributed by atoms with E-state index < -0.39 is 0 Å². The summed E-state index contributed by atoms with van der Waals surface area (Å²) in [5.74, 6) is 2.03. The van der Waals surface area contributed by atoms with Gasteiger partial charge in [-0.25, -0.2) is 0 Å². The highest BCUT2D eigenvalue weighted by Gasteiger charge is 2.30. The standard InChI is InChI=1S/C19H30N4O2/c1-22-9-3-4-16(14-21-19(20)23-10-12-25-13-11-23)18(22)15-5-7-17(24-2)8-6-15/h5-8,16,18H,3-4,9-14H2,1-2H3,(H2,20,21)/t16-,18-/m0/s1. The van der Waals surface area contributed by atoms with Crippen LogP contribution in [0, 0.1) is 5.92 Å². The molecule has 1 aromatic rings. The number of morpholine rings is 1. The van der Waals surface area contributed by atoms with Gasteiger partial charge in [0.05, 0.1) is 20.3 Å². The molecule has 138 valence electrons. The number of methoxy groups -OCH3 is 1. The van der Waals surface area contributed by atoms with Crippen molar-refractivity contribution in [3.63, 3.8) is 0 Å². The molecule has 6 nitrogen and oxygen atoms in total. The van der Waals surface area contributed by atoms with Crippen LogP contribution < -0.4 is 10.5 Å². The number of aliphatic imine (C=N–C) groups is 1. The van der Waals surface area contributed by atoms with Crippen molar-refractivity contribution in [1.82, 2.24) is 9.80 Å². The monoisotopic (exact) mass is 346 g/mol. The second-order valence-electron chi connectivity index (χ2n) is 6.90. The summed E-state index contributed by atoms with van der Waals surface area (Å²) < 4.78 is 10.7. The lowest BCUT2D eigenvalue weighted by Gasteiger charge is -2.39. The first kappa shape index (κ1) is 18.0. The molecule has 1 aromatic carbocycles. The van der Waals surface area contributed by atoms with Crippen molar-refractivity contribution in [3.8, 4) is 5.75 Å². The second-order valence-corrected chi connectivity index (χ2v) is 6.90. The van der Waals surface area contributed by atoms with Gasteiger partial charge in [-0.3, -0.25) is 9.89 Å².